The highest BCUT2D eigenvalue weighted by atomic mass is 16.5. The number of nitrogens with zero attached hydrogens (tertiary/aromatic N) is 4. The van der Waals surface area contributed by atoms with Gasteiger partial charge in [0, 0.05) is 53.3 Å². The molecule has 274 valence electrons. The van der Waals surface area contributed by atoms with Gasteiger partial charge in [-0.3, -0.25) is 19.2 Å². The topological polar surface area (TPSA) is 147 Å². The molecule has 1 fully saturated rings. The number of amides is 4. The number of methoxy groups -OCH3 is 2. The van der Waals surface area contributed by atoms with E-state index in [4.69, 9.17) is 9.47 Å². The maximum atomic E-state index is 14.1. The highest BCUT2D eigenvalue weighted by Crippen LogP contribution is 2.29. The molecule has 0 saturated carbocycles. The summed E-state index contributed by atoms with van der Waals surface area (Å²) < 4.78 is 13.8. The second-order valence-corrected chi connectivity index (χ2v) is 13.9. The lowest BCUT2D eigenvalue weighted by Gasteiger charge is -2.41. The highest BCUT2D eigenvalue weighted by molar-refractivity contribution is 5.90. The average Bonchev–Trinajstić information content (AvgIpc) is 3.76. The minimum absolute atomic E-state index is 0.00748. The van der Waals surface area contributed by atoms with Crippen LogP contribution in [0.2, 0.25) is 0 Å². The fraction of sp³-hybridized carbons (Fsp3) is 0.800. The number of hydrogen-bond acceptors (Lipinski definition) is 8. The average molecular weight is 678 g/mol. The number of carbonyl (C=O) groups excluding carboxylic acids is 4. The van der Waals surface area contributed by atoms with Gasteiger partial charge in [0.25, 0.3) is 0 Å². The Morgan fingerprint density at radius 3 is 2.19 bits per heavy atom. The molecule has 13 heteroatoms. The van der Waals surface area contributed by atoms with Crippen molar-refractivity contribution in [2.24, 2.45) is 23.7 Å². The monoisotopic (exact) mass is 677 g/mol. The van der Waals surface area contributed by atoms with E-state index in [2.05, 4.69) is 27.9 Å². The SMILES string of the molecule is CC[C@H](C)[C@@H]([C@@H](CC(=O)N1CCC[C@H]1[C@H](OC)[C@@H](C)C(=O)NCCn1ccnc1)OC)N(C)C(=O)[C@@H](NC(=O)[C@@H](NC)C(C)C)C(C)C. The maximum absolute atomic E-state index is 14.1. The number of likely N-dealkylation sites (tertiary alicyclic amines) is 1. The van der Waals surface area contributed by atoms with Gasteiger partial charge in [0.1, 0.15) is 6.04 Å². The van der Waals surface area contributed by atoms with Crippen molar-refractivity contribution in [3.8, 4) is 0 Å². The molecule has 0 bridgehead atoms. The first-order chi connectivity index (χ1) is 22.7. The fourth-order valence-electron chi connectivity index (χ4n) is 6.94. The number of aromatic nitrogens is 2. The predicted octanol–water partition coefficient (Wildman–Crippen LogP) is 2.30. The van der Waals surface area contributed by atoms with E-state index in [1.165, 1.54) is 0 Å². The molecule has 0 radical (unpaired) electrons. The third kappa shape index (κ3) is 10.7. The van der Waals surface area contributed by atoms with E-state index < -0.39 is 36.3 Å². The molecule has 4 amide bonds. The van der Waals surface area contributed by atoms with E-state index in [1.54, 1.807) is 45.7 Å². The van der Waals surface area contributed by atoms with Crippen molar-refractivity contribution < 1.29 is 28.7 Å². The molecule has 1 saturated heterocycles. The van der Waals surface area contributed by atoms with Crippen LogP contribution in [-0.4, -0.2) is 121 Å². The van der Waals surface area contributed by atoms with E-state index >= 15 is 0 Å². The van der Waals surface area contributed by atoms with Crippen molar-refractivity contribution in [1.82, 2.24) is 35.3 Å². The van der Waals surface area contributed by atoms with Gasteiger partial charge in [-0.15, -0.1) is 0 Å². The minimum atomic E-state index is -0.741. The van der Waals surface area contributed by atoms with Crippen molar-refractivity contribution in [3.63, 3.8) is 0 Å². The first-order valence-electron chi connectivity index (χ1n) is 17.6. The van der Waals surface area contributed by atoms with Gasteiger partial charge in [0.15, 0.2) is 0 Å². The molecule has 0 unspecified atom stereocenters. The van der Waals surface area contributed by atoms with Gasteiger partial charge in [-0.2, -0.15) is 0 Å². The lowest BCUT2D eigenvalue weighted by atomic mass is 9.89. The molecule has 1 aliphatic heterocycles. The van der Waals surface area contributed by atoms with Crippen LogP contribution in [-0.2, 0) is 35.2 Å². The number of likely N-dealkylation sites (N-methyl/N-ethyl adjacent to an activating group) is 2. The molecule has 8 atom stereocenters. The largest absolute Gasteiger partial charge is 0.379 e. The Hall–Kier alpha value is -3.03. The zero-order chi connectivity index (χ0) is 36.1. The van der Waals surface area contributed by atoms with Gasteiger partial charge in [0.05, 0.1) is 49.0 Å². The maximum Gasteiger partial charge on any atom is 0.245 e. The quantitative estimate of drug-likeness (QED) is 0.191. The molecule has 1 aromatic heterocycles. The van der Waals surface area contributed by atoms with Crippen LogP contribution < -0.4 is 16.0 Å². The van der Waals surface area contributed by atoms with Crippen LogP contribution in [0.1, 0.15) is 74.1 Å². The van der Waals surface area contributed by atoms with E-state index in [9.17, 15) is 19.2 Å². The molecular weight excluding hydrogens is 614 g/mol. The second kappa shape index (κ2) is 19.8. The molecule has 48 heavy (non-hydrogen) atoms. The molecule has 0 spiro atoms. The minimum Gasteiger partial charge on any atom is -0.379 e. The summed E-state index contributed by atoms with van der Waals surface area (Å²) in [5.74, 6) is -1.26. The number of nitrogens with one attached hydrogen (secondary N) is 3. The van der Waals surface area contributed by atoms with Crippen molar-refractivity contribution in [1.29, 1.82) is 0 Å². The Balaban J connectivity index is 2.20. The summed E-state index contributed by atoms with van der Waals surface area (Å²) in [6.45, 7) is 15.3. The molecule has 0 aliphatic carbocycles. The molecule has 2 heterocycles. The molecule has 3 N–H and O–H groups in total. The summed E-state index contributed by atoms with van der Waals surface area (Å²) >= 11 is 0. The van der Waals surface area contributed by atoms with E-state index in [1.807, 2.05) is 57.2 Å². The number of imidazole rings is 1. The van der Waals surface area contributed by atoms with Crippen molar-refractivity contribution in [2.75, 3.05) is 41.4 Å². The summed E-state index contributed by atoms with van der Waals surface area (Å²) in [6.07, 6.45) is 6.52. The molecule has 1 aromatic rings. The zero-order valence-corrected chi connectivity index (χ0v) is 31.2. The van der Waals surface area contributed by atoms with Gasteiger partial charge in [-0.25, -0.2) is 4.98 Å². The summed E-state index contributed by atoms with van der Waals surface area (Å²) in [4.78, 5) is 61.9. The van der Waals surface area contributed by atoms with Crippen molar-refractivity contribution in [2.45, 2.75) is 117 Å². The Kier molecular flexibility index (Phi) is 17.0. The fourth-order valence-corrected chi connectivity index (χ4v) is 6.94. The van der Waals surface area contributed by atoms with Crippen molar-refractivity contribution >= 4 is 23.6 Å². The van der Waals surface area contributed by atoms with Gasteiger partial charge in [-0.1, -0.05) is 54.9 Å². The molecule has 2 rings (SSSR count). The van der Waals surface area contributed by atoms with Crippen LogP contribution in [0.15, 0.2) is 18.7 Å². The Morgan fingerprint density at radius 2 is 1.67 bits per heavy atom. The normalized spacial score (nSPS) is 19.4. The standard InChI is InChI=1S/C35H63N7O6/c1-12-24(6)31(40(9)35(46)30(23(4)5)39-34(45)29(36-8)22(2)3)27(47-10)20-28(43)42-17-13-14-26(42)32(48-11)25(7)33(44)38-16-19-41-18-15-37-21-41/h15,18,21-27,29-32,36H,12-14,16-17,19-20H2,1-11H3,(H,38,44)(H,39,45)/t24-,25+,26-,27+,29-,30-,31-,32+/m0/s1. The number of rotatable bonds is 20. The second-order valence-electron chi connectivity index (χ2n) is 13.9. The molecule has 13 nitrogen and oxygen atoms in total. The molecule has 0 aromatic carbocycles. The zero-order valence-electron chi connectivity index (χ0n) is 31.2. The number of ether oxygens (including phenoxy) is 2. The van der Waals surface area contributed by atoms with E-state index in [0.717, 1.165) is 19.3 Å². The lowest BCUT2D eigenvalue weighted by Crippen LogP contribution is -2.59. The van der Waals surface area contributed by atoms with E-state index in [0.29, 0.717) is 19.6 Å². The van der Waals surface area contributed by atoms with Crippen LogP contribution in [0.25, 0.3) is 0 Å². The van der Waals surface area contributed by atoms with Gasteiger partial charge < -0.3 is 39.8 Å². The summed E-state index contributed by atoms with van der Waals surface area (Å²) in [5.41, 5.74) is 0. The van der Waals surface area contributed by atoms with Crippen LogP contribution in [0.3, 0.4) is 0 Å². The van der Waals surface area contributed by atoms with Gasteiger partial charge in [0.2, 0.25) is 23.6 Å². The number of carbonyl (C=O) groups is 4. The number of hydrogen-bond donors (Lipinski definition) is 3. The highest BCUT2D eigenvalue weighted by Gasteiger charge is 2.43. The third-order valence-electron chi connectivity index (χ3n) is 9.98. The smallest absolute Gasteiger partial charge is 0.245 e. The summed E-state index contributed by atoms with van der Waals surface area (Å²) in [7, 11) is 6.63. The first-order valence-corrected chi connectivity index (χ1v) is 17.6. The third-order valence-corrected chi connectivity index (χ3v) is 9.98. The lowest BCUT2D eigenvalue weighted by molar-refractivity contribution is -0.147. The predicted molar refractivity (Wildman–Crippen MR) is 186 cm³/mol. The Bertz CT molecular complexity index is 1150. The Labute approximate surface area is 288 Å². The van der Waals surface area contributed by atoms with Crippen LogP contribution in [0.4, 0.5) is 0 Å². The summed E-state index contributed by atoms with van der Waals surface area (Å²) in [5, 5.41) is 9.02. The van der Waals surface area contributed by atoms with Crippen molar-refractivity contribution in [3.05, 3.63) is 18.7 Å². The van der Waals surface area contributed by atoms with Crippen LogP contribution in [0.5, 0.6) is 0 Å². The first kappa shape index (κ1) is 41.1. The van der Waals surface area contributed by atoms with Crippen LogP contribution >= 0.6 is 0 Å². The van der Waals surface area contributed by atoms with E-state index in [-0.39, 0.29) is 53.8 Å². The molecular formula is C35H63N7O6. The summed E-state index contributed by atoms with van der Waals surface area (Å²) in [6, 6.07) is -1.86. The Morgan fingerprint density at radius 1 is 1.00 bits per heavy atom. The van der Waals surface area contributed by atoms with Gasteiger partial charge >= 0.3 is 0 Å². The van der Waals surface area contributed by atoms with Gasteiger partial charge in [-0.05, 0) is 37.6 Å². The van der Waals surface area contributed by atoms with Crippen LogP contribution in [0, 0.1) is 23.7 Å². The molecule has 1 aliphatic rings.